The number of urea groups is 1. The van der Waals surface area contributed by atoms with Crippen LogP contribution >= 0.6 is 0 Å². The van der Waals surface area contributed by atoms with Gasteiger partial charge in [-0.25, -0.2) is 9.59 Å². The van der Waals surface area contributed by atoms with Crippen molar-refractivity contribution in [2.24, 2.45) is 7.05 Å². The van der Waals surface area contributed by atoms with Gasteiger partial charge in [0.2, 0.25) is 0 Å². The number of hydrogen-bond acceptors (Lipinski definition) is 5. The van der Waals surface area contributed by atoms with Gasteiger partial charge in [-0.2, -0.15) is 5.10 Å². The van der Waals surface area contributed by atoms with Crippen molar-refractivity contribution in [3.05, 3.63) is 29.2 Å². The molecule has 0 saturated heterocycles. The van der Waals surface area contributed by atoms with Gasteiger partial charge in [0.05, 0.1) is 24.9 Å². The topological polar surface area (TPSA) is 88.5 Å². The second-order valence-electron chi connectivity index (χ2n) is 6.01. The molecular weight excluding hydrogens is 310 g/mol. The van der Waals surface area contributed by atoms with E-state index < -0.39 is 5.97 Å². The van der Waals surface area contributed by atoms with Crippen molar-refractivity contribution in [1.29, 1.82) is 0 Å². The molecule has 2 N–H and O–H groups in total. The molecule has 8 nitrogen and oxygen atoms in total. The molecule has 0 bridgehead atoms. The maximum Gasteiger partial charge on any atom is 0.337 e. The second-order valence-corrected chi connectivity index (χ2v) is 6.01. The van der Waals surface area contributed by atoms with Gasteiger partial charge in [-0.05, 0) is 20.8 Å². The summed E-state index contributed by atoms with van der Waals surface area (Å²) in [4.78, 5) is 26.0. The van der Waals surface area contributed by atoms with Gasteiger partial charge in [0.1, 0.15) is 0 Å². The number of aromatic nitrogens is 2. The molecule has 0 radical (unpaired) electrons. The molecule has 132 valence electrons. The molecule has 24 heavy (non-hydrogen) atoms. The molecule has 1 aromatic rings. The summed E-state index contributed by atoms with van der Waals surface area (Å²) in [5.74, 6) is -0.398. The van der Waals surface area contributed by atoms with E-state index in [4.69, 9.17) is 4.74 Å². The van der Waals surface area contributed by atoms with E-state index in [1.165, 1.54) is 0 Å². The van der Waals surface area contributed by atoms with E-state index in [2.05, 4.69) is 34.5 Å². The summed E-state index contributed by atoms with van der Waals surface area (Å²) in [6.07, 6.45) is 3.77. The summed E-state index contributed by atoms with van der Waals surface area (Å²) < 4.78 is 6.84. The van der Waals surface area contributed by atoms with Crippen LogP contribution in [0.25, 0.3) is 0 Å². The van der Waals surface area contributed by atoms with Crippen LogP contribution in [-0.4, -0.2) is 52.4 Å². The lowest BCUT2D eigenvalue weighted by Crippen LogP contribution is -2.47. The molecule has 0 spiro atoms. The molecule has 0 fully saturated rings. The van der Waals surface area contributed by atoms with Crippen LogP contribution in [0.4, 0.5) is 4.79 Å². The zero-order valence-corrected chi connectivity index (χ0v) is 14.6. The number of carbonyl (C=O) groups is 2. The van der Waals surface area contributed by atoms with E-state index >= 15 is 0 Å². The van der Waals surface area contributed by atoms with Gasteiger partial charge in [0.25, 0.3) is 0 Å². The Kier molecular flexibility index (Phi) is 5.97. The lowest BCUT2D eigenvalue weighted by atomic mass is 10.1. The highest BCUT2D eigenvalue weighted by Gasteiger charge is 2.25. The maximum atomic E-state index is 12.1. The first-order valence-electron chi connectivity index (χ1n) is 8.06. The number of aryl methyl sites for hydroxylation is 1. The zero-order valence-electron chi connectivity index (χ0n) is 14.6. The third-order valence-corrected chi connectivity index (χ3v) is 3.81. The molecular formula is C16H25N5O3. The summed E-state index contributed by atoms with van der Waals surface area (Å²) in [6, 6.07) is -0.0731. The molecule has 0 aromatic carbocycles. The van der Waals surface area contributed by atoms with Gasteiger partial charge in [0.15, 0.2) is 0 Å². The van der Waals surface area contributed by atoms with Gasteiger partial charge in [-0.15, -0.1) is 0 Å². The van der Waals surface area contributed by atoms with Crippen LogP contribution in [0.5, 0.6) is 0 Å². The van der Waals surface area contributed by atoms with Crippen LogP contribution in [0.15, 0.2) is 23.7 Å². The average Bonchev–Trinajstić information content (AvgIpc) is 2.92. The summed E-state index contributed by atoms with van der Waals surface area (Å²) in [6.45, 7) is 7.51. The van der Waals surface area contributed by atoms with Crippen molar-refractivity contribution >= 4 is 12.0 Å². The molecule has 1 aliphatic rings. The predicted molar refractivity (Wildman–Crippen MR) is 88.9 cm³/mol. The number of esters is 1. The van der Waals surface area contributed by atoms with Crippen LogP contribution < -0.4 is 10.6 Å². The highest BCUT2D eigenvalue weighted by molar-refractivity contribution is 5.93. The molecule has 1 aliphatic heterocycles. The normalized spacial score (nSPS) is 14.8. The minimum Gasteiger partial charge on any atom is -0.463 e. The fourth-order valence-corrected chi connectivity index (χ4v) is 2.49. The zero-order chi connectivity index (χ0) is 17.7. The molecule has 0 atom stereocenters. The Labute approximate surface area is 141 Å². The number of nitrogens with zero attached hydrogens (tertiary/aromatic N) is 3. The highest BCUT2D eigenvalue weighted by atomic mass is 16.5. The van der Waals surface area contributed by atoms with Crippen LogP contribution in [-0.2, 0) is 23.1 Å². The smallest absolute Gasteiger partial charge is 0.337 e. The lowest BCUT2D eigenvalue weighted by Gasteiger charge is -2.30. The van der Waals surface area contributed by atoms with Gasteiger partial charge in [0, 0.05) is 43.6 Å². The summed E-state index contributed by atoms with van der Waals surface area (Å²) >= 11 is 0. The van der Waals surface area contributed by atoms with E-state index in [1.807, 2.05) is 19.4 Å². The van der Waals surface area contributed by atoms with Crippen molar-refractivity contribution in [1.82, 2.24) is 25.3 Å². The average molecular weight is 335 g/mol. The minimum atomic E-state index is -0.398. The van der Waals surface area contributed by atoms with E-state index in [9.17, 15) is 9.59 Å². The maximum absolute atomic E-state index is 12.1. The Hall–Kier alpha value is -2.35. The number of carbonyl (C=O) groups excluding carboxylic acids is 2. The van der Waals surface area contributed by atoms with E-state index in [0.29, 0.717) is 31.0 Å². The molecule has 0 unspecified atom stereocenters. The lowest BCUT2D eigenvalue weighted by molar-refractivity contribution is -0.138. The van der Waals surface area contributed by atoms with Crippen LogP contribution in [0.2, 0.25) is 0 Å². The number of hydrogen-bond donors (Lipinski definition) is 2. The molecule has 0 aliphatic carbocycles. The molecule has 2 heterocycles. The van der Waals surface area contributed by atoms with Crippen molar-refractivity contribution < 1.29 is 14.3 Å². The fourth-order valence-electron chi connectivity index (χ4n) is 2.49. The van der Waals surface area contributed by atoms with Crippen molar-refractivity contribution in [2.45, 2.75) is 33.4 Å². The van der Waals surface area contributed by atoms with Gasteiger partial charge >= 0.3 is 12.0 Å². The summed E-state index contributed by atoms with van der Waals surface area (Å²) in [5.41, 5.74) is 2.13. The predicted octanol–water partition coefficient (Wildman–Crippen LogP) is 0.761. The quantitative estimate of drug-likeness (QED) is 0.718. The molecule has 8 heteroatoms. The van der Waals surface area contributed by atoms with E-state index in [0.717, 1.165) is 5.56 Å². The van der Waals surface area contributed by atoms with Crippen LogP contribution in [0.1, 0.15) is 26.3 Å². The summed E-state index contributed by atoms with van der Waals surface area (Å²) in [7, 11) is 1.87. The monoisotopic (exact) mass is 335 g/mol. The number of ether oxygens (including phenoxy) is 1. The van der Waals surface area contributed by atoms with Crippen molar-refractivity contribution in [2.75, 3.05) is 19.7 Å². The number of rotatable bonds is 7. The van der Waals surface area contributed by atoms with Crippen LogP contribution in [0.3, 0.4) is 0 Å². The second kappa shape index (κ2) is 7.96. The van der Waals surface area contributed by atoms with Gasteiger partial charge in [-0.1, -0.05) is 0 Å². The summed E-state index contributed by atoms with van der Waals surface area (Å²) in [5, 5.41) is 9.54. The first kappa shape index (κ1) is 18.0. The number of amides is 2. The third-order valence-electron chi connectivity index (χ3n) is 3.81. The van der Waals surface area contributed by atoms with Crippen molar-refractivity contribution in [3.8, 4) is 0 Å². The Bertz CT molecular complexity index is 635. The SMILES string of the molecule is CCOC(=O)C1=C(CN(Cc2cnn(C)c2)C(C)C)NC(=O)NC1. The molecule has 2 amide bonds. The standard InChI is InChI=1S/C16H25N5O3/c1-5-24-15(22)13-7-17-16(23)19-14(13)10-21(11(2)3)9-12-6-18-20(4)8-12/h6,8,11H,5,7,9-10H2,1-4H3,(H2,17,19,23). The van der Waals surface area contributed by atoms with Gasteiger partial charge < -0.3 is 15.4 Å². The third kappa shape index (κ3) is 4.58. The molecule has 2 rings (SSSR count). The Morgan fingerprint density at radius 1 is 1.46 bits per heavy atom. The Balaban J connectivity index is 2.20. The first-order chi connectivity index (χ1) is 11.4. The highest BCUT2D eigenvalue weighted by Crippen LogP contribution is 2.14. The van der Waals surface area contributed by atoms with Crippen LogP contribution in [0, 0.1) is 0 Å². The largest absolute Gasteiger partial charge is 0.463 e. The van der Waals surface area contributed by atoms with E-state index in [-0.39, 0.29) is 18.6 Å². The Morgan fingerprint density at radius 3 is 2.79 bits per heavy atom. The molecule has 0 saturated carbocycles. The van der Waals surface area contributed by atoms with E-state index in [1.54, 1.807) is 11.6 Å². The van der Waals surface area contributed by atoms with Crippen molar-refractivity contribution in [3.63, 3.8) is 0 Å². The Morgan fingerprint density at radius 2 is 2.21 bits per heavy atom. The number of nitrogens with one attached hydrogen (secondary N) is 2. The van der Waals surface area contributed by atoms with Gasteiger partial charge in [-0.3, -0.25) is 9.58 Å². The fraction of sp³-hybridized carbons (Fsp3) is 0.562. The first-order valence-corrected chi connectivity index (χ1v) is 8.06. The molecule has 1 aromatic heterocycles. The minimum absolute atomic E-state index is 0.179.